The van der Waals surface area contributed by atoms with Crippen molar-refractivity contribution in [2.45, 2.75) is 42.0 Å². The van der Waals surface area contributed by atoms with E-state index in [4.69, 9.17) is 5.11 Å². The Morgan fingerprint density at radius 2 is 2.15 bits per heavy atom. The van der Waals surface area contributed by atoms with Crippen LogP contribution in [0.4, 0.5) is 4.39 Å². The van der Waals surface area contributed by atoms with E-state index < -0.39 is 15.4 Å². The molecule has 0 spiro atoms. The number of halogens is 3. The van der Waals surface area contributed by atoms with Gasteiger partial charge in [-0.2, -0.15) is 0 Å². The Bertz CT molecular complexity index is 174. The first-order chi connectivity index (χ1) is 5.92. The Labute approximate surface area is 94.2 Å². The molecule has 0 aliphatic heterocycles. The Balaban J connectivity index is 3.94. The standard InChI is InChI=1S/C8H13Br2FO2/c1-2-3-4-5-6(9)8(10,11)7(12)13/h6H,2-5H2,1H3,(H,12,13)/t6-,8+/m0/s1. The van der Waals surface area contributed by atoms with Crippen LogP contribution < -0.4 is 0 Å². The van der Waals surface area contributed by atoms with Gasteiger partial charge in [0.1, 0.15) is 0 Å². The molecule has 13 heavy (non-hydrogen) atoms. The summed E-state index contributed by atoms with van der Waals surface area (Å²) in [7, 11) is 0. The Hall–Kier alpha value is 0.360. The zero-order valence-electron chi connectivity index (χ0n) is 7.40. The Kier molecular flexibility index (Phi) is 6.12. The van der Waals surface area contributed by atoms with E-state index in [9.17, 15) is 9.18 Å². The van der Waals surface area contributed by atoms with E-state index in [2.05, 4.69) is 31.9 Å². The van der Waals surface area contributed by atoms with Crippen molar-refractivity contribution >= 4 is 37.8 Å². The summed E-state index contributed by atoms with van der Waals surface area (Å²) >= 11 is 5.58. The maximum atomic E-state index is 13.3. The van der Waals surface area contributed by atoms with Gasteiger partial charge >= 0.3 is 5.97 Å². The fourth-order valence-corrected chi connectivity index (χ4v) is 1.64. The fraction of sp³-hybridized carbons (Fsp3) is 0.875. The van der Waals surface area contributed by atoms with Crippen LogP contribution in [-0.4, -0.2) is 20.5 Å². The van der Waals surface area contributed by atoms with Crippen LogP contribution in [0.2, 0.25) is 0 Å². The maximum absolute atomic E-state index is 13.3. The predicted octanol–water partition coefficient (Wildman–Crippen LogP) is 3.48. The number of hydrogen-bond acceptors (Lipinski definition) is 1. The molecule has 78 valence electrons. The molecular formula is C8H13Br2FO2. The molecule has 0 heterocycles. The minimum atomic E-state index is -2.35. The third-order valence-corrected chi connectivity index (χ3v) is 4.33. The van der Waals surface area contributed by atoms with E-state index in [1.165, 1.54) is 0 Å². The lowest BCUT2D eigenvalue weighted by Gasteiger charge is -2.19. The van der Waals surface area contributed by atoms with Gasteiger partial charge in [0.15, 0.2) is 0 Å². The molecule has 0 amide bonds. The van der Waals surface area contributed by atoms with Crippen molar-refractivity contribution in [3.05, 3.63) is 0 Å². The number of carbonyl (C=O) groups is 1. The normalized spacial score (nSPS) is 17.8. The predicted molar refractivity (Wildman–Crippen MR) is 57.3 cm³/mol. The Morgan fingerprint density at radius 1 is 1.62 bits per heavy atom. The molecule has 2 nitrogen and oxygen atoms in total. The van der Waals surface area contributed by atoms with Crippen LogP contribution in [0.5, 0.6) is 0 Å². The van der Waals surface area contributed by atoms with Crippen LogP contribution in [0.1, 0.15) is 32.6 Å². The van der Waals surface area contributed by atoms with Gasteiger partial charge in [0.25, 0.3) is 4.58 Å². The SMILES string of the molecule is CCCCC[C@H](Br)[C@](F)(Br)C(=O)O. The molecular weight excluding hydrogens is 307 g/mol. The van der Waals surface area contributed by atoms with Crippen LogP contribution in [0, 0.1) is 0 Å². The molecule has 0 saturated carbocycles. The van der Waals surface area contributed by atoms with Gasteiger partial charge in [-0.15, -0.1) is 0 Å². The maximum Gasteiger partial charge on any atom is 0.353 e. The molecule has 1 N–H and O–H groups in total. The smallest absolute Gasteiger partial charge is 0.353 e. The van der Waals surface area contributed by atoms with Crippen molar-refractivity contribution in [1.82, 2.24) is 0 Å². The van der Waals surface area contributed by atoms with Gasteiger partial charge in [-0.3, -0.25) is 0 Å². The lowest BCUT2D eigenvalue weighted by molar-refractivity contribution is -0.144. The van der Waals surface area contributed by atoms with Crippen molar-refractivity contribution in [2.24, 2.45) is 0 Å². The van der Waals surface area contributed by atoms with Crippen LogP contribution >= 0.6 is 31.9 Å². The molecule has 0 unspecified atom stereocenters. The number of hydrogen-bond donors (Lipinski definition) is 1. The van der Waals surface area contributed by atoms with E-state index >= 15 is 0 Å². The van der Waals surface area contributed by atoms with Crippen molar-refractivity contribution in [3.8, 4) is 0 Å². The summed E-state index contributed by atoms with van der Waals surface area (Å²) in [5, 5.41) is 8.52. The molecule has 0 aromatic rings. The molecule has 0 aliphatic rings. The second kappa shape index (κ2) is 5.96. The van der Waals surface area contributed by atoms with E-state index in [1.807, 2.05) is 6.92 Å². The second-order valence-corrected chi connectivity index (χ2v) is 5.15. The minimum absolute atomic E-state index is 0.516. The summed E-state index contributed by atoms with van der Waals surface area (Å²) in [6.45, 7) is 2.04. The molecule has 2 atom stereocenters. The van der Waals surface area contributed by atoms with E-state index in [0.29, 0.717) is 6.42 Å². The number of unbranched alkanes of at least 4 members (excludes halogenated alkanes) is 2. The second-order valence-electron chi connectivity index (χ2n) is 2.89. The van der Waals surface area contributed by atoms with Gasteiger partial charge in [0.2, 0.25) is 0 Å². The molecule has 0 aliphatic carbocycles. The van der Waals surface area contributed by atoms with Gasteiger partial charge < -0.3 is 5.11 Å². The van der Waals surface area contributed by atoms with E-state index in [0.717, 1.165) is 19.3 Å². The van der Waals surface area contributed by atoms with Gasteiger partial charge in [-0.05, 0) is 22.4 Å². The number of carboxylic acids is 1. The molecule has 0 bridgehead atoms. The Morgan fingerprint density at radius 3 is 2.54 bits per heavy atom. The number of alkyl halides is 3. The third kappa shape index (κ3) is 4.40. The highest BCUT2D eigenvalue weighted by molar-refractivity contribution is 9.12. The highest BCUT2D eigenvalue weighted by Gasteiger charge is 2.42. The average molecular weight is 320 g/mol. The number of rotatable bonds is 6. The summed E-state index contributed by atoms with van der Waals surface area (Å²) in [6.07, 6.45) is 3.37. The van der Waals surface area contributed by atoms with Crippen molar-refractivity contribution in [2.75, 3.05) is 0 Å². The molecule has 0 rings (SSSR count). The lowest BCUT2D eigenvalue weighted by Crippen LogP contribution is -2.35. The molecule has 0 radical (unpaired) electrons. The summed E-state index contributed by atoms with van der Waals surface area (Å²) in [5.74, 6) is -1.48. The zero-order chi connectivity index (χ0) is 10.5. The first-order valence-electron chi connectivity index (χ1n) is 4.18. The highest BCUT2D eigenvalue weighted by Crippen LogP contribution is 2.33. The monoisotopic (exact) mass is 318 g/mol. The molecule has 5 heteroatoms. The quantitative estimate of drug-likeness (QED) is 0.601. The first kappa shape index (κ1) is 13.4. The summed E-state index contributed by atoms with van der Waals surface area (Å²) in [4.78, 5) is 9.77. The molecule has 0 fully saturated rings. The van der Waals surface area contributed by atoms with Crippen LogP contribution in [0.15, 0.2) is 0 Å². The summed E-state index contributed by atoms with van der Waals surface area (Å²) in [5.41, 5.74) is 0. The van der Waals surface area contributed by atoms with Gasteiger partial charge in [0, 0.05) is 0 Å². The van der Waals surface area contributed by atoms with E-state index in [1.54, 1.807) is 0 Å². The van der Waals surface area contributed by atoms with Crippen LogP contribution in [0.25, 0.3) is 0 Å². The number of carboxylic acid groups (broad SMARTS) is 1. The summed E-state index contributed by atoms with van der Waals surface area (Å²) < 4.78 is 11.0. The largest absolute Gasteiger partial charge is 0.478 e. The topological polar surface area (TPSA) is 37.3 Å². The lowest BCUT2D eigenvalue weighted by atomic mass is 10.1. The molecule has 0 aromatic heterocycles. The van der Waals surface area contributed by atoms with Crippen LogP contribution in [0.3, 0.4) is 0 Å². The van der Waals surface area contributed by atoms with Crippen molar-refractivity contribution in [1.29, 1.82) is 0 Å². The zero-order valence-corrected chi connectivity index (χ0v) is 10.6. The van der Waals surface area contributed by atoms with Gasteiger partial charge in [-0.1, -0.05) is 42.1 Å². The third-order valence-electron chi connectivity index (χ3n) is 1.74. The van der Waals surface area contributed by atoms with Gasteiger partial charge in [-0.25, -0.2) is 9.18 Å². The number of aliphatic carboxylic acids is 1. The minimum Gasteiger partial charge on any atom is -0.478 e. The van der Waals surface area contributed by atoms with Crippen molar-refractivity contribution in [3.63, 3.8) is 0 Å². The molecule has 0 saturated heterocycles. The van der Waals surface area contributed by atoms with E-state index in [-0.39, 0.29) is 0 Å². The molecule has 0 aromatic carbocycles. The highest BCUT2D eigenvalue weighted by atomic mass is 79.9. The average Bonchev–Trinajstić information content (AvgIpc) is 2.04. The van der Waals surface area contributed by atoms with Crippen molar-refractivity contribution < 1.29 is 14.3 Å². The first-order valence-corrected chi connectivity index (χ1v) is 5.89. The van der Waals surface area contributed by atoms with Gasteiger partial charge in [0.05, 0.1) is 4.83 Å². The fourth-order valence-electron chi connectivity index (χ4n) is 0.889. The summed E-state index contributed by atoms with van der Waals surface area (Å²) in [6, 6.07) is 0. The van der Waals surface area contributed by atoms with Crippen LogP contribution in [-0.2, 0) is 4.79 Å².